The van der Waals surface area contributed by atoms with Crippen LogP contribution in [0.25, 0.3) is 10.8 Å². The fourth-order valence-corrected chi connectivity index (χ4v) is 5.87. The van der Waals surface area contributed by atoms with Gasteiger partial charge in [-0.05, 0) is 53.1 Å². The van der Waals surface area contributed by atoms with Crippen LogP contribution in [-0.4, -0.2) is 15.7 Å². The molecule has 0 aliphatic heterocycles. The van der Waals surface area contributed by atoms with Gasteiger partial charge in [0.15, 0.2) is 0 Å². The van der Waals surface area contributed by atoms with Crippen LogP contribution in [0.3, 0.4) is 0 Å². The third kappa shape index (κ3) is 5.38. The molecule has 0 unspecified atom stereocenters. The minimum atomic E-state index is -3.25. The van der Waals surface area contributed by atoms with Gasteiger partial charge in [0.05, 0.1) is 11.6 Å². The largest absolute Gasteiger partial charge is 0.494 e. The van der Waals surface area contributed by atoms with Gasteiger partial charge < -0.3 is 9.47 Å². The van der Waals surface area contributed by atoms with E-state index in [2.05, 4.69) is 11.6 Å². The van der Waals surface area contributed by atoms with E-state index in [4.69, 9.17) is 21.1 Å². The van der Waals surface area contributed by atoms with E-state index in [1.54, 1.807) is 12.1 Å². The zero-order chi connectivity index (χ0) is 22.6. The molecule has 0 saturated heterocycles. The Kier molecular flexibility index (Phi) is 7.25. The summed E-state index contributed by atoms with van der Waals surface area (Å²) in [5.74, 6) is 1.35. The van der Waals surface area contributed by atoms with Crippen molar-refractivity contribution in [3.05, 3.63) is 83.4 Å². The van der Waals surface area contributed by atoms with Crippen LogP contribution in [0.2, 0.25) is 5.02 Å². The molecule has 0 saturated carbocycles. The highest BCUT2D eigenvalue weighted by Crippen LogP contribution is 2.53. The van der Waals surface area contributed by atoms with E-state index in [9.17, 15) is 9.11 Å². The number of hydrogen-bond acceptors (Lipinski definition) is 6. The van der Waals surface area contributed by atoms with Crippen LogP contribution < -0.4 is 14.2 Å². The summed E-state index contributed by atoms with van der Waals surface area (Å²) in [6, 6.07) is 22.7. The maximum absolute atomic E-state index is 10.7. The van der Waals surface area contributed by atoms with Crippen molar-refractivity contribution in [1.29, 1.82) is 0 Å². The van der Waals surface area contributed by atoms with Crippen molar-refractivity contribution in [3.63, 3.8) is 0 Å². The van der Waals surface area contributed by atoms with Gasteiger partial charge in [-0.1, -0.05) is 72.3 Å². The van der Waals surface area contributed by atoms with Gasteiger partial charge in [-0.3, -0.25) is 9.11 Å². The van der Waals surface area contributed by atoms with Gasteiger partial charge in [0.2, 0.25) is 5.06 Å². The number of fused-ring (bicyclic) bond motifs is 1. The lowest BCUT2D eigenvalue weighted by molar-refractivity contribution is 0.317. The molecule has 3 aromatic carbocycles. The molecule has 4 aromatic rings. The molecule has 4 rings (SSSR count). The number of thiophene rings is 1. The number of halogens is 1. The maximum atomic E-state index is 10.7. The lowest BCUT2D eigenvalue weighted by Crippen LogP contribution is -2.19. The van der Waals surface area contributed by atoms with E-state index in [0.29, 0.717) is 33.2 Å². The first-order chi connectivity index (χ1) is 15.5. The van der Waals surface area contributed by atoms with Crippen molar-refractivity contribution in [1.82, 2.24) is 4.72 Å². The van der Waals surface area contributed by atoms with Crippen LogP contribution in [0.15, 0.2) is 77.0 Å². The topological polar surface area (TPSA) is 71.0 Å². The standard InChI is InChI=1S/C24H24ClNO4S2/c1-2-14-29-19-10-12-20(13-11-19)30-24-22(25)15-23(31-24)32(27,28)26-16-18-8-5-7-17-6-3-4-9-21(17)18/h3-13,15,26-28H,2,14,16H2,1H3. The molecule has 0 atom stereocenters. The predicted octanol–water partition coefficient (Wildman–Crippen LogP) is 7.95. The molecule has 32 heavy (non-hydrogen) atoms. The molecule has 0 aliphatic carbocycles. The summed E-state index contributed by atoms with van der Waals surface area (Å²) in [4.78, 5) is 0. The van der Waals surface area contributed by atoms with Gasteiger partial charge in [0, 0.05) is 6.54 Å². The molecule has 168 valence electrons. The van der Waals surface area contributed by atoms with E-state index in [1.807, 2.05) is 54.6 Å². The third-order valence-corrected chi connectivity index (χ3v) is 8.14. The average Bonchev–Trinajstić information content (AvgIpc) is 3.18. The second-order valence-corrected chi connectivity index (χ2v) is 10.6. The summed E-state index contributed by atoms with van der Waals surface area (Å²) in [7, 11) is -3.25. The highest BCUT2D eigenvalue weighted by Gasteiger charge is 2.22. The van der Waals surface area contributed by atoms with Crippen LogP contribution in [0.4, 0.5) is 0 Å². The Hall–Kier alpha value is -2.26. The van der Waals surface area contributed by atoms with Crippen molar-refractivity contribution in [2.75, 3.05) is 6.61 Å². The zero-order valence-electron chi connectivity index (χ0n) is 17.5. The Morgan fingerprint density at radius 1 is 0.969 bits per heavy atom. The first-order valence-electron chi connectivity index (χ1n) is 10.2. The molecule has 0 amide bonds. The van der Waals surface area contributed by atoms with Gasteiger partial charge in [-0.2, -0.15) is 0 Å². The van der Waals surface area contributed by atoms with Gasteiger partial charge in [0.1, 0.15) is 15.7 Å². The van der Waals surface area contributed by atoms with Crippen LogP contribution in [-0.2, 0) is 6.54 Å². The van der Waals surface area contributed by atoms with E-state index >= 15 is 0 Å². The summed E-state index contributed by atoms with van der Waals surface area (Å²) in [5, 5.41) is 2.89. The summed E-state index contributed by atoms with van der Waals surface area (Å²) < 4.78 is 36.1. The van der Waals surface area contributed by atoms with Crippen molar-refractivity contribution < 1.29 is 18.6 Å². The van der Waals surface area contributed by atoms with Crippen molar-refractivity contribution in [3.8, 4) is 16.6 Å². The first-order valence-corrected chi connectivity index (χ1v) is 12.9. The van der Waals surface area contributed by atoms with Crippen molar-refractivity contribution in [2.45, 2.75) is 24.1 Å². The zero-order valence-corrected chi connectivity index (χ0v) is 19.8. The summed E-state index contributed by atoms with van der Waals surface area (Å²) in [6.07, 6.45) is 0.937. The fraction of sp³-hybridized carbons (Fsp3) is 0.167. The van der Waals surface area contributed by atoms with Crippen molar-refractivity contribution in [2.24, 2.45) is 0 Å². The number of benzene rings is 3. The van der Waals surface area contributed by atoms with Crippen LogP contribution in [0, 0.1) is 0 Å². The summed E-state index contributed by atoms with van der Waals surface area (Å²) >= 11 is 7.43. The smallest absolute Gasteiger partial charge is 0.201 e. The van der Waals surface area contributed by atoms with Gasteiger partial charge in [-0.25, -0.2) is 4.72 Å². The Morgan fingerprint density at radius 2 is 1.69 bits per heavy atom. The highest BCUT2D eigenvalue weighted by atomic mass is 35.5. The Labute approximate surface area is 198 Å². The molecule has 0 aliphatic rings. The fourth-order valence-electron chi connectivity index (χ4n) is 3.17. The van der Waals surface area contributed by atoms with E-state index in [-0.39, 0.29) is 0 Å². The van der Waals surface area contributed by atoms with Crippen LogP contribution >= 0.6 is 33.7 Å². The molecule has 0 fully saturated rings. The quantitative estimate of drug-likeness (QED) is 0.222. The first kappa shape index (κ1) is 22.9. The molecule has 0 bridgehead atoms. The number of ether oxygens (including phenoxy) is 2. The van der Waals surface area contributed by atoms with Crippen LogP contribution in [0.1, 0.15) is 18.9 Å². The third-order valence-electron chi connectivity index (χ3n) is 4.76. The SMILES string of the molecule is CCCOc1ccc(Oc2sc(S(O)(O)NCc3cccc4ccccc34)cc2Cl)cc1. The average molecular weight is 490 g/mol. The normalized spacial score (nSPS) is 12.1. The minimum Gasteiger partial charge on any atom is -0.494 e. The number of hydrogen-bond donors (Lipinski definition) is 3. The highest BCUT2D eigenvalue weighted by molar-refractivity contribution is 8.23. The van der Waals surface area contributed by atoms with E-state index in [0.717, 1.165) is 39.8 Å². The molecular weight excluding hydrogens is 466 g/mol. The van der Waals surface area contributed by atoms with Crippen molar-refractivity contribution >= 4 is 44.5 Å². The Bertz CT molecular complexity index is 1190. The molecule has 8 heteroatoms. The second kappa shape index (κ2) is 10.1. The maximum Gasteiger partial charge on any atom is 0.201 e. The molecular formula is C24H24ClNO4S2. The lowest BCUT2D eigenvalue weighted by Gasteiger charge is -2.31. The summed E-state index contributed by atoms with van der Waals surface area (Å²) in [6.45, 7) is 3.01. The van der Waals surface area contributed by atoms with Gasteiger partial charge in [0.25, 0.3) is 0 Å². The predicted molar refractivity (Wildman–Crippen MR) is 134 cm³/mol. The monoisotopic (exact) mass is 489 g/mol. The van der Waals surface area contributed by atoms with Gasteiger partial charge in [-0.15, -0.1) is 10.8 Å². The van der Waals surface area contributed by atoms with Crippen LogP contribution in [0.5, 0.6) is 16.6 Å². The molecule has 3 N–H and O–H groups in total. The molecule has 1 aromatic heterocycles. The van der Waals surface area contributed by atoms with E-state index in [1.165, 1.54) is 6.07 Å². The number of nitrogens with one attached hydrogen (secondary N) is 1. The molecule has 0 radical (unpaired) electrons. The summed E-state index contributed by atoms with van der Waals surface area (Å²) in [5.41, 5.74) is 0.979. The van der Waals surface area contributed by atoms with E-state index < -0.39 is 10.8 Å². The molecule has 1 heterocycles. The molecule has 0 spiro atoms. The molecule has 5 nitrogen and oxygen atoms in total. The number of rotatable bonds is 9. The Balaban J connectivity index is 1.46. The Morgan fingerprint density at radius 3 is 2.47 bits per heavy atom. The minimum absolute atomic E-state index is 0.300. The lowest BCUT2D eigenvalue weighted by atomic mass is 10.1. The second-order valence-electron chi connectivity index (χ2n) is 7.13. The van der Waals surface area contributed by atoms with Gasteiger partial charge >= 0.3 is 0 Å².